The molecule has 140 valence electrons. The van der Waals surface area contributed by atoms with Crippen LogP contribution in [0, 0.1) is 0 Å². The van der Waals surface area contributed by atoms with Gasteiger partial charge in [0.2, 0.25) is 0 Å². The SMILES string of the molecule is CCN(CC)CCn1nc(C=Cc2ccccc2)nc1-c1ccccc1O. The third-order valence-electron chi connectivity index (χ3n) is 4.58. The Morgan fingerprint density at radius 1 is 0.963 bits per heavy atom. The lowest BCUT2D eigenvalue weighted by Gasteiger charge is -2.18. The summed E-state index contributed by atoms with van der Waals surface area (Å²) in [5.74, 6) is 1.54. The quantitative estimate of drug-likeness (QED) is 0.654. The van der Waals surface area contributed by atoms with E-state index in [-0.39, 0.29) is 5.75 Å². The predicted molar refractivity (Wildman–Crippen MR) is 110 cm³/mol. The van der Waals surface area contributed by atoms with Gasteiger partial charge < -0.3 is 10.0 Å². The highest BCUT2D eigenvalue weighted by Crippen LogP contribution is 2.27. The van der Waals surface area contributed by atoms with Crippen LogP contribution in [-0.4, -0.2) is 44.4 Å². The molecule has 1 heterocycles. The van der Waals surface area contributed by atoms with Crippen LogP contribution in [0.1, 0.15) is 25.2 Å². The smallest absolute Gasteiger partial charge is 0.174 e. The van der Waals surface area contributed by atoms with Crippen molar-refractivity contribution in [3.63, 3.8) is 0 Å². The van der Waals surface area contributed by atoms with Gasteiger partial charge in [0.1, 0.15) is 5.75 Å². The van der Waals surface area contributed by atoms with Crippen LogP contribution in [0.2, 0.25) is 0 Å². The molecular weight excluding hydrogens is 336 g/mol. The van der Waals surface area contributed by atoms with E-state index in [2.05, 4.69) is 28.8 Å². The van der Waals surface area contributed by atoms with Gasteiger partial charge in [0, 0.05) is 6.54 Å². The Labute approximate surface area is 160 Å². The van der Waals surface area contributed by atoms with Crippen LogP contribution in [0.3, 0.4) is 0 Å². The van der Waals surface area contributed by atoms with E-state index in [0.29, 0.717) is 17.2 Å². The van der Waals surface area contributed by atoms with Crippen LogP contribution in [0.4, 0.5) is 0 Å². The molecule has 0 radical (unpaired) electrons. The van der Waals surface area contributed by atoms with Gasteiger partial charge in [0.05, 0.1) is 12.1 Å². The van der Waals surface area contributed by atoms with Gasteiger partial charge in [-0.1, -0.05) is 62.4 Å². The number of hydrogen-bond acceptors (Lipinski definition) is 4. The van der Waals surface area contributed by atoms with Gasteiger partial charge in [-0.3, -0.25) is 0 Å². The monoisotopic (exact) mass is 362 g/mol. The lowest BCUT2D eigenvalue weighted by molar-refractivity contribution is 0.286. The minimum atomic E-state index is 0.215. The van der Waals surface area contributed by atoms with Crippen LogP contribution in [0.25, 0.3) is 23.5 Å². The summed E-state index contributed by atoms with van der Waals surface area (Å²) in [7, 11) is 0. The van der Waals surface area contributed by atoms with Gasteiger partial charge in [-0.2, -0.15) is 5.10 Å². The maximum absolute atomic E-state index is 10.3. The van der Waals surface area contributed by atoms with Gasteiger partial charge in [-0.25, -0.2) is 9.67 Å². The molecule has 0 spiro atoms. The molecule has 5 nitrogen and oxygen atoms in total. The minimum Gasteiger partial charge on any atom is -0.507 e. The lowest BCUT2D eigenvalue weighted by Crippen LogP contribution is -2.27. The zero-order valence-corrected chi connectivity index (χ0v) is 15.9. The molecule has 1 aromatic heterocycles. The molecule has 0 bridgehead atoms. The topological polar surface area (TPSA) is 54.2 Å². The molecule has 2 aromatic carbocycles. The first-order valence-electron chi connectivity index (χ1n) is 9.40. The molecule has 5 heteroatoms. The van der Waals surface area contributed by atoms with E-state index in [1.54, 1.807) is 6.07 Å². The van der Waals surface area contributed by atoms with Gasteiger partial charge in [-0.05, 0) is 36.9 Å². The Morgan fingerprint density at radius 2 is 1.67 bits per heavy atom. The molecule has 0 saturated heterocycles. The molecule has 3 aromatic rings. The Balaban J connectivity index is 1.91. The average Bonchev–Trinajstić information content (AvgIpc) is 3.11. The first-order valence-corrected chi connectivity index (χ1v) is 9.40. The molecule has 0 unspecified atom stereocenters. The van der Waals surface area contributed by atoms with Gasteiger partial charge in [-0.15, -0.1) is 0 Å². The number of benzene rings is 2. The number of likely N-dealkylation sites (N-methyl/N-ethyl adjacent to an activating group) is 1. The molecule has 0 saturated carbocycles. The van der Waals surface area contributed by atoms with E-state index < -0.39 is 0 Å². The highest BCUT2D eigenvalue weighted by Gasteiger charge is 2.14. The molecule has 1 N–H and O–H groups in total. The number of phenolic OH excluding ortho intramolecular Hbond substituents is 1. The third-order valence-corrected chi connectivity index (χ3v) is 4.58. The van der Waals surface area contributed by atoms with Crippen molar-refractivity contribution >= 4 is 12.2 Å². The predicted octanol–water partition coefficient (Wildman–Crippen LogP) is 4.16. The van der Waals surface area contributed by atoms with Gasteiger partial charge in [0.25, 0.3) is 0 Å². The van der Waals surface area contributed by atoms with Crippen LogP contribution in [0.5, 0.6) is 5.75 Å². The molecule has 0 aliphatic heterocycles. The Bertz CT molecular complexity index is 882. The summed E-state index contributed by atoms with van der Waals surface area (Å²) in [6, 6.07) is 17.3. The lowest BCUT2D eigenvalue weighted by atomic mass is 10.2. The highest BCUT2D eigenvalue weighted by molar-refractivity contribution is 5.69. The van der Waals surface area contributed by atoms with E-state index in [0.717, 1.165) is 31.7 Å². The van der Waals surface area contributed by atoms with Gasteiger partial charge >= 0.3 is 0 Å². The van der Waals surface area contributed by atoms with Crippen molar-refractivity contribution in [3.8, 4) is 17.1 Å². The third kappa shape index (κ3) is 4.83. The number of phenols is 1. The summed E-state index contributed by atoms with van der Waals surface area (Å²) < 4.78 is 1.89. The highest BCUT2D eigenvalue weighted by atomic mass is 16.3. The minimum absolute atomic E-state index is 0.215. The van der Waals surface area contributed by atoms with E-state index >= 15 is 0 Å². The summed E-state index contributed by atoms with van der Waals surface area (Å²) >= 11 is 0. The molecule has 0 aliphatic carbocycles. The van der Waals surface area contributed by atoms with Crippen LogP contribution in [-0.2, 0) is 6.54 Å². The van der Waals surface area contributed by atoms with Crippen molar-refractivity contribution in [3.05, 3.63) is 66.0 Å². The van der Waals surface area contributed by atoms with E-state index in [1.165, 1.54) is 0 Å². The van der Waals surface area contributed by atoms with E-state index in [1.807, 2.05) is 65.4 Å². The standard InChI is InChI=1S/C22H26N4O/c1-3-25(4-2)16-17-26-22(19-12-8-9-13-20(19)27)23-21(24-26)15-14-18-10-6-5-7-11-18/h5-15,27H,3-4,16-17H2,1-2H3. The van der Waals surface area contributed by atoms with Crippen LogP contribution in [0.15, 0.2) is 54.6 Å². The number of rotatable bonds is 8. The number of nitrogens with zero attached hydrogens (tertiary/aromatic N) is 4. The maximum Gasteiger partial charge on any atom is 0.174 e. The summed E-state index contributed by atoms with van der Waals surface area (Å²) in [5.41, 5.74) is 1.80. The zero-order chi connectivity index (χ0) is 19.1. The summed E-state index contributed by atoms with van der Waals surface area (Å²) in [4.78, 5) is 7.02. The largest absolute Gasteiger partial charge is 0.507 e. The van der Waals surface area contributed by atoms with Crippen LogP contribution >= 0.6 is 0 Å². The summed E-state index contributed by atoms with van der Waals surface area (Å²) in [5, 5.41) is 14.9. The van der Waals surface area contributed by atoms with Crippen molar-refractivity contribution in [1.82, 2.24) is 19.7 Å². The van der Waals surface area contributed by atoms with Gasteiger partial charge in [0.15, 0.2) is 11.6 Å². The molecule has 0 aliphatic rings. The molecule has 0 amide bonds. The second-order valence-electron chi connectivity index (χ2n) is 6.30. The first kappa shape index (κ1) is 18.9. The summed E-state index contributed by atoms with van der Waals surface area (Å²) in [6.07, 6.45) is 3.91. The molecular formula is C22H26N4O. The van der Waals surface area contributed by atoms with Crippen molar-refractivity contribution < 1.29 is 5.11 Å². The second kappa shape index (κ2) is 9.14. The average molecular weight is 362 g/mol. The van der Waals surface area contributed by atoms with Crippen molar-refractivity contribution in [2.75, 3.05) is 19.6 Å². The molecule has 0 atom stereocenters. The summed E-state index contributed by atoms with van der Waals surface area (Å²) in [6.45, 7) is 7.91. The van der Waals surface area contributed by atoms with E-state index in [9.17, 15) is 5.11 Å². The molecule has 3 rings (SSSR count). The maximum atomic E-state index is 10.3. The Kier molecular flexibility index (Phi) is 6.39. The number of aromatic hydroxyl groups is 1. The number of hydrogen-bond donors (Lipinski definition) is 1. The van der Waals surface area contributed by atoms with Crippen molar-refractivity contribution in [2.24, 2.45) is 0 Å². The number of aromatic nitrogens is 3. The zero-order valence-electron chi connectivity index (χ0n) is 15.9. The second-order valence-corrected chi connectivity index (χ2v) is 6.30. The van der Waals surface area contributed by atoms with E-state index in [4.69, 9.17) is 0 Å². The van der Waals surface area contributed by atoms with Crippen LogP contribution < -0.4 is 0 Å². The number of para-hydroxylation sites is 1. The van der Waals surface area contributed by atoms with Crippen molar-refractivity contribution in [1.29, 1.82) is 0 Å². The molecule has 0 fully saturated rings. The fourth-order valence-electron chi connectivity index (χ4n) is 2.96. The fraction of sp³-hybridized carbons (Fsp3) is 0.273. The normalized spacial score (nSPS) is 11.5. The Hall–Kier alpha value is -2.92. The molecule has 27 heavy (non-hydrogen) atoms. The Morgan fingerprint density at radius 3 is 2.37 bits per heavy atom. The van der Waals surface area contributed by atoms with Crippen molar-refractivity contribution in [2.45, 2.75) is 20.4 Å². The fourth-order valence-corrected chi connectivity index (χ4v) is 2.96. The first-order chi connectivity index (χ1) is 13.2.